The topological polar surface area (TPSA) is 46.9 Å². The Hall–Kier alpha value is -1.81. The number of hydrogen-bond acceptors (Lipinski definition) is 2. The Morgan fingerprint density at radius 1 is 1.32 bits per heavy atom. The van der Waals surface area contributed by atoms with Gasteiger partial charge in [0.15, 0.2) is 0 Å². The maximum absolute atomic E-state index is 12.1. The summed E-state index contributed by atoms with van der Waals surface area (Å²) in [6, 6.07) is 9.40. The Morgan fingerprint density at radius 2 is 2.00 bits per heavy atom. The number of rotatable bonds is 4. The summed E-state index contributed by atoms with van der Waals surface area (Å²) in [5, 5.41) is 7.53. The molecule has 0 saturated heterocycles. The number of nitrogens with zero attached hydrogens (tertiary/aromatic N) is 2. The van der Waals surface area contributed by atoms with Crippen LogP contribution in [0.3, 0.4) is 0 Å². The largest absolute Gasteiger partial charge is 0.348 e. The number of benzene rings is 1. The van der Waals surface area contributed by atoms with Gasteiger partial charge in [0, 0.05) is 6.20 Å². The summed E-state index contributed by atoms with van der Waals surface area (Å²) in [5.41, 5.74) is 1.07. The molecule has 0 aliphatic heterocycles. The Bertz CT molecular complexity index is 553. The van der Waals surface area contributed by atoms with Crippen molar-refractivity contribution in [3.8, 4) is 0 Å². The monoisotopic (exact) mass is 277 g/mol. The van der Waals surface area contributed by atoms with Crippen molar-refractivity contribution < 1.29 is 4.79 Å². The van der Waals surface area contributed by atoms with E-state index in [0.717, 1.165) is 5.56 Å². The molecule has 0 aliphatic carbocycles. The second-order valence-corrected chi connectivity index (χ2v) is 4.89. The molecule has 0 bridgehead atoms. The summed E-state index contributed by atoms with van der Waals surface area (Å²) in [4.78, 5) is 12.1. The molecule has 1 N–H and O–H groups in total. The fraction of sp³-hybridized carbons (Fsp3) is 0.286. The molecule has 2 rings (SSSR count). The molecule has 1 heterocycles. The smallest absolute Gasteiger partial charge is 0.245 e. The second kappa shape index (κ2) is 5.89. The summed E-state index contributed by atoms with van der Waals surface area (Å²) < 4.78 is 1.55. The first-order chi connectivity index (χ1) is 9.08. The fourth-order valence-electron chi connectivity index (χ4n) is 1.81. The highest BCUT2D eigenvalue weighted by Crippen LogP contribution is 2.15. The summed E-state index contributed by atoms with van der Waals surface area (Å²) in [5.74, 6) is -0.0869. The summed E-state index contributed by atoms with van der Waals surface area (Å²) >= 11 is 5.80. The summed E-state index contributed by atoms with van der Waals surface area (Å²) in [6.45, 7) is 3.74. The molecule has 1 aromatic heterocycles. The third-order valence-corrected chi connectivity index (χ3v) is 3.20. The van der Waals surface area contributed by atoms with E-state index in [1.165, 1.54) is 6.20 Å². The molecule has 1 amide bonds. The van der Waals surface area contributed by atoms with Crippen LogP contribution in [0.4, 0.5) is 0 Å². The lowest BCUT2D eigenvalue weighted by Gasteiger charge is -2.18. The molecule has 1 aromatic carbocycles. The quantitative estimate of drug-likeness (QED) is 0.934. The Balaban J connectivity index is 2.01. The highest BCUT2D eigenvalue weighted by Gasteiger charge is 2.18. The van der Waals surface area contributed by atoms with E-state index in [-0.39, 0.29) is 11.9 Å². The van der Waals surface area contributed by atoms with Crippen LogP contribution in [0, 0.1) is 0 Å². The zero-order valence-corrected chi connectivity index (χ0v) is 11.6. The Morgan fingerprint density at radius 3 is 2.58 bits per heavy atom. The van der Waals surface area contributed by atoms with Gasteiger partial charge in [-0.3, -0.25) is 9.48 Å². The van der Waals surface area contributed by atoms with Crippen LogP contribution >= 0.6 is 11.6 Å². The highest BCUT2D eigenvalue weighted by molar-refractivity contribution is 6.30. The lowest BCUT2D eigenvalue weighted by Crippen LogP contribution is -2.33. The molecular weight excluding hydrogens is 262 g/mol. The van der Waals surface area contributed by atoms with Crippen LogP contribution in [0.15, 0.2) is 42.7 Å². The van der Waals surface area contributed by atoms with E-state index in [9.17, 15) is 4.79 Å². The number of amides is 1. The van der Waals surface area contributed by atoms with E-state index in [1.54, 1.807) is 17.8 Å². The van der Waals surface area contributed by atoms with Gasteiger partial charge in [0.2, 0.25) is 5.91 Å². The van der Waals surface area contributed by atoms with Crippen molar-refractivity contribution in [2.45, 2.75) is 25.9 Å². The van der Waals surface area contributed by atoms with Gasteiger partial charge in [0.1, 0.15) is 6.04 Å². The SMILES string of the molecule is CC(NC(=O)C(C)n1cc(Cl)cn1)c1ccccc1. The molecule has 0 spiro atoms. The molecule has 5 heteroatoms. The Kier molecular flexibility index (Phi) is 4.22. The number of nitrogens with one attached hydrogen (secondary N) is 1. The fourth-order valence-corrected chi connectivity index (χ4v) is 1.95. The molecule has 0 fully saturated rings. The standard InChI is InChI=1S/C14H16ClN3O/c1-10(12-6-4-3-5-7-12)17-14(19)11(2)18-9-13(15)8-16-18/h3-11H,1-2H3,(H,17,19). The molecule has 4 nitrogen and oxygen atoms in total. The second-order valence-electron chi connectivity index (χ2n) is 4.46. The van der Waals surface area contributed by atoms with Crippen LogP contribution in [0.5, 0.6) is 0 Å². The zero-order chi connectivity index (χ0) is 13.8. The lowest BCUT2D eigenvalue weighted by molar-refractivity contribution is -0.124. The van der Waals surface area contributed by atoms with Crippen molar-refractivity contribution in [2.75, 3.05) is 0 Å². The molecule has 2 atom stereocenters. The van der Waals surface area contributed by atoms with Crippen molar-refractivity contribution in [3.05, 3.63) is 53.3 Å². The van der Waals surface area contributed by atoms with Crippen LogP contribution in [0.25, 0.3) is 0 Å². The normalized spacial score (nSPS) is 13.8. The number of carbonyl (C=O) groups excluding carboxylic acids is 1. The van der Waals surface area contributed by atoms with Crippen LogP contribution in [0.1, 0.15) is 31.5 Å². The first kappa shape index (κ1) is 13.6. The predicted octanol–water partition coefficient (Wildman–Crippen LogP) is 2.97. The van der Waals surface area contributed by atoms with Gasteiger partial charge in [-0.2, -0.15) is 5.10 Å². The molecule has 19 heavy (non-hydrogen) atoms. The van der Waals surface area contributed by atoms with Gasteiger partial charge in [0.05, 0.1) is 17.3 Å². The van der Waals surface area contributed by atoms with E-state index >= 15 is 0 Å². The van der Waals surface area contributed by atoms with E-state index in [2.05, 4.69) is 10.4 Å². The Labute approximate surface area is 117 Å². The van der Waals surface area contributed by atoms with Gasteiger partial charge in [0.25, 0.3) is 0 Å². The highest BCUT2D eigenvalue weighted by atomic mass is 35.5. The molecule has 100 valence electrons. The third kappa shape index (κ3) is 3.35. The number of hydrogen-bond donors (Lipinski definition) is 1. The van der Waals surface area contributed by atoms with Crippen molar-refractivity contribution in [1.82, 2.24) is 15.1 Å². The minimum Gasteiger partial charge on any atom is -0.348 e. The number of carbonyl (C=O) groups is 1. The van der Waals surface area contributed by atoms with Crippen molar-refractivity contribution in [1.29, 1.82) is 0 Å². The van der Waals surface area contributed by atoms with Gasteiger partial charge >= 0.3 is 0 Å². The van der Waals surface area contributed by atoms with Crippen LogP contribution in [-0.4, -0.2) is 15.7 Å². The molecule has 0 aliphatic rings. The zero-order valence-electron chi connectivity index (χ0n) is 10.9. The van der Waals surface area contributed by atoms with Gasteiger partial charge < -0.3 is 5.32 Å². The van der Waals surface area contributed by atoms with Gasteiger partial charge in [-0.1, -0.05) is 41.9 Å². The van der Waals surface area contributed by atoms with E-state index < -0.39 is 6.04 Å². The van der Waals surface area contributed by atoms with Crippen LogP contribution in [-0.2, 0) is 4.79 Å². The molecule has 2 unspecified atom stereocenters. The average molecular weight is 278 g/mol. The minimum absolute atomic E-state index is 0.0396. The van der Waals surface area contributed by atoms with Gasteiger partial charge in [-0.25, -0.2) is 0 Å². The molecule has 2 aromatic rings. The lowest BCUT2D eigenvalue weighted by atomic mass is 10.1. The molecule has 0 saturated carbocycles. The van der Waals surface area contributed by atoms with E-state index in [0.29, 0.717) is 5.02 Å². The summed E-state index contributed by atoms with van der Waals surface area (Å²) in [7, 11) is 0. The van der Waals surface area contributed by atoms with Crippen LogP contribution in [0.2, 0.25) is 5.02 Å². The predicted molar refractivity (Wildman–Crippen MR) is 74.9 cm³/mol. The van der Waals surface area contributed by atoms with E-state index in [1.807, 2.05) is 37.3 Å². The van der Waals surface area contributed by atoms with Crippen LogP contribution < -0.4 is 5.32 Å². The maximum atomic E-state index is 12.1. The van der Waals surface area contributed by atoms with Gasteiger partial charge in [-0.15, -0.1) is 0 Å². The first-order valence-electron chi connectivity index (χ1n) is 6.13. The molecular formula is C14H16ClN3O. The van der Waals surface area contributed by atoms with Crippen molar-refractivity contribution in [3.63, 3.8) is 0 Å². The average Bonchev–Trinajstić information content (AvgIpc) is 2.85. The number of aromatic nitrogens is 2. The van der Waals surface area contributed by atoms with Gasteiger partial charge in [-0.05, 0) is 19.4 Å². The van der Waals surface area contributed by atoms with E-state index in [4.69, 9.17) is 11.6 Å². The summed E-state index contributed by atoms with van der Waals surface area (Å²) in [6.07, 6.45) is 3.16. The van der Waals surface area contributed by atoms with Crippen molar-refractivity contribution in [2.24, 2.45) is 0 Å². The van der Waals surface area contributed by atoms with Crippen molar-refractivity contribution >= 4 is 17.5 Å². The number of halogens is 1. The third-order valence-electron chi connectivity index (χ3n) is 3.00. The first-order valence-corrected chi connectivity index (χ1v) is 6.50. The maximum Gasteiger partial charge on any atom is 0.245 e. The molecule has 0 radical (unpaired) electrons. The minimum atomic E-state index is -0.390.